The molecule has 2 aliphatic rings. The number of fused-ring (bicyclic) bond motifs is 1. The van der Waals surface area contributed by atoms with Crippen molar-refractivity contribution in [3.63, 3.8) is 0 Å². The summed E-state index contributed by atoms with van der Waals surface area (Å²) in [6, 6.07) is 10.1. The first-order chi connectivity index (χ1) is 12.0. The van der Waals surface area contributed by atoms with Gasteiger partial charge in [-0.15, -0.1) is 0 Å². The van der Waals surface area contributed by atoms with Crippen molar-refractivity contribution in [3.8, 4) is 0 Å². The summed E-state index contributed by atoms with van der Waals surface area (Å²) in [4.78, 5) is 7.29. The molecule has 5 nitrogen and oxygen atoms in total. The number of imidazole rings is 1. The third kappa shape index (κ3) is 2.46. The topological polar surface area (TPSA) is 66.1 Å². The molecule has 2 aromatic rings. The van der Waals surface area contributed by atoms with Crippen molar-refractivity contribution in [1.29, 1.82) is 0 Å². The van der Waals surface area contributed by atoms with Crippen molar-refractivity contribution in [2.45, 2.75) is 56.0 Å². The fraction of sp³-hybridized carbons (Fsp3) is 0.526. The summed E-state index contributed by atoms with van der Waals surface area (Å²) >= 11 is 0. The van der Waals surface area contributed by atoms with E-state index in [1.54, 1.807) is 4.31 Å². The zero-order valence-electron chi connectivity index (χ0n) is 14.8. The van der Waals surface area contributed by atoms with Crippen molar-refractivity contribution in [2.24, 2.45) is 5.92 Å². The van der Waals surface area contributed by atoms with Gasteiger partial charge in [0.15, 0.2) is 5.03 Å². The van der Waals surface area contributed by atoms with E-state index >= 15 is 0 Å². The molecule has 25 heavy (non-hydrogen) atoms. The van der Waals surface area contributed by atoms with Gasteiger partial charge in [0, 0.05) is 12.5 Å². The number of rotatable bonds is 4. The van der Waals surface area contributed by atoms with Crippen LogP contribution in [0.5, 0.6) is 0 Å². The molecule has 134 valence electrons. The Morgan fingerprint density at radius 2 is 2.00 bits per heavy atom. The number of hydrogen-bond donors (Lipinski definition) is 1. The predicted octanol–water partition coefficient (Wildman–Crippen LogP) is 3.62. The van der Waals surface area contributed by atoms with Gasteiger partial charge in [0.2, 0.25) is 0 Å². The normalized spacial score (nSPS) is 27.1. The fourth-order valence-electron chi connectivity index (χ4n) is 4.47. The van der Waals surface area contributed by atoms with Crippen LogP contribution in [0.15, 0.2) is 41.6 Å². The van der Waals surface area contributed by atoms with Crippen molar-refractivity contribution in [2.75, 3.05) is 6.54 Å². The summed E-state index contributed by atoms with van der Waals surface area (Å²) in [7, 11) is -3.58. The number of hydrogen-bond acceptors (Lipinski definition) is 3. The van der Waals surface area contributed by atoms with Crippen LogP contribution in [0.25, 0.3) is 0 Å². The minimum Gasteiger partial charge on any atom is -0.332 e. The summed E-state index contributed by atoms with van der Waals surface area (Å²) in [5, 5.41) is 0.218. The highest BCUT2D eigenvalue weighted by atomic mass is 32.2. The SMILES string of the molecule is CC(C)c1ncc(S(=O)(=O)N2C[C@@H]3CCCC[C@]32c2ccccc2)[nH]1. The molecule has 2 atom stereocenters. The van der Waals surface area contributed by atoms with Gasteiger partial charge in [0.1, 0.15) is 5.82 Å². The molecular weight excluding hydrogens is 334 g/mol. The number of sulfonamides is 1. The second-order valence-electron chi connectivity index (χ2n) is 7.56. The number of nitrogens with one attached hydrogen (secondary N) is 1. The summed E-state index contributed by atoms with van der Waals surface area (Å²) in [5.41, 5.74) is 0.736. The van der Waals surface area contributed by atoms with E-state index in [1.165, 1.54) is 12.6 Å². The molecule has 2 fully saturated rings. The van der Waals surface area contributed by atoms with Crippen LogP contribution in [0.2, 0.25) is 0 Å². The maximum Gasteiger partial charge on any atom is 0.260 e. The Labute approximate surface area is 149 Å². The van der Waals surface area contributed by atoms with Crippen molar-refractivity contribution < 1.29 is 8.42 Å². The first-order valence-electron chi connectivity index (χ1n) is 9.09. The highest BCUT2D eigenvalue weighted by Crippen LogP contribution is 2.55. The van der Waals surface area contributed by atoms with E-state index in [1.807, 2.05) is 32.0 Å². The average Bonchev–Trinajstić information content (AvgIpc) is 3.08. The molecule has 6 heteroatoms. The number of aromatic nitrogens is 2. The molecule has 0 radical (unpaired) electrons. The molecular formula is C19H25N3O2S. The summed E-state index contributed by atoms with van der Waals surface area (Å²) in [5.74, 6) is 1.30. The van der Waals surface area contributed by atoms with Gasteiger partial charge in [0.25, 0.3) is 10.0 Å². The summed E-state index contributed by atoms with van der Waals surface area (Å²) < 4.78 is 28.4. The van der Waals surface area contributed by atoms with E-state index in [0.29, 0.717) is 18.3 Å². The predicted molar refractivity (Wildman–Crippen MR) is 96.6 cm³/mol. The molecule has 1 saturated heterocycles. The molecule has 0 spiro atoms. The smallest absolute Gasteiger partial charge is 0.260 e. The molecule has 0 bridgehead atoms. The highest BCUT2D eigenvalue weighted by Gasteiger charge is 2.60. The van der Waals surface area contributed by atoms with Crippen molar-refractivity contribution in [1.82, 2.24) is 14.3 Å². The first kappa shape index (κ1) is 16.8. The molecule has 0 amide bonds. The standard InChI is InChI=1S/C19H25N3O2S/c1-14(2)18-20-12-17(21-18)25(23,24)22-13-16-10-6-7-11-19(16,22)15-8-4-3-5-9-15/h3-5,8-9,12,14,16H,6-7,10-11,13H2,1-2H3,(H,20,21)/t16-,19-/m0/s1. The Hall–Kier alpha value is -1.66. The Morgan fingerprint density at radius 1 is 1.24 bits per heavy atom. The number of H-pyrrole nitrogens is 1. The monoisotopic (exact) mass is 359 g/mol. The molecule has 1 aliphatic heterocycles. The van der Waals surface area contributed by atoms with E-state index in [9.17, 15) is 8.42 Å². The van der Waals surface area contributed by atoms with Crippen LogP contribution in [0.1, 0.15) is 56.8 Å². The lowest BCUT2D eigenvalue weighted by Crippen LogP contribution is -2.67. The van der Waals surface area contributed by atoms with Gasteiger partial charge >= 0.3 is 0 Å². The van der Waals surface area contributed by atoms with Crippen LogP contribution in [0.4, 0.5) is 0 Å². The fourth-order valence-corrected chi connectivity index (χ4v) is 6.28. The first-order valence-corrected chi connectivity index (χ1v) is 10.5. The molecule has 4 rings (SSSR count). The van der Waals surface area contributed by atoms with Crippen LogP contribution in [0.3, 0.4) is 0 Å². The third-order valence-electron chi connectivity index (χ3n) is 5.83. The second-order valence-corrected chi connectivity index (χ2v) is 9.39. The van der Waals surface area contributed by atoms with Crippen molar-refractivity contribution in [3.05, 3.63) is 47.9 Å². The van der Waals surface area contributed by atoms with E-state index < -0.39 is 10.0 Å². The zero-order valence-corrected chi connectivity index (χ0v) is 15.6. The largest absolute Gasteiger partial charge is 0.332 e. The Bertz CT molecular complexity index is 860. The van der Waals surface area contributed by atoms with Crippen LogP contribution in [-0.2, 0) is 15.6 Å². The minimum atomic E-state index is -3.58. The molecule has 1 aliphatic carbocycles. The van der Waals surface area contributed by atoms with Crippen LogP contribution >= 0.6 is 0 Å². The van der Waals surface area contributed by atoms with Crippen LogP contribution in [0, 0.1) is 5.92 Å². The van der Waals surface area contributed by atoms with Gasteiger partial charge in [0.05, 0.1) is 11.7 Å². The maximum atomic E-state index is 13.3. The van der Waals surface area contributed by atoms with Gasteiger partial charge in [-0.25, -0.2) is 13.4 Å². The van der Waals surface area contributed by atoms with Gasteiger partial charge in [-0.3, -0.25) is 0 Å². The Balaban J connectivity index is 1.76. The second kappa shape index (κ2) is 5.95. The van der Waals surface area contributed by atoms with Gasteiger partial charge in [-0.2, -0.15) is 4.31 Å². The highest BCUT2D eigenvalue weighted by molar-refractivity contribution is 7.89. The minimum absolute atomic E-state index is 0.172. The van der Waals surface area contributed by atoms with Gasteiger partial charge in [-0.05, 0) is 24.3 Å². The quantitative estimate of drug-likeness (QED) is 0.906. The molecule has 1 saturated carbocycles. The maximum absolute atomic E-state index is 13.3. The molecule has 1 aromatic heterocycles. The van der Waals surface area contributed by atoms with Gasteiger partial charge < -0.3 is 4.98 Å². The summed E-state index contributed by atoms with van der Waals surface area (Å²) in [6.45, 7) is 4.61. The van der Waals surface area contributed by atoms with Crippen molar-refractivity contribution >= 4 is 10.0 Å². The zero-order chi connectivity index (χ0) is 17.7. The van der Waals surface area contributed by atoms with E-state index in [-0.39, 0.29) is 16.5 Å². The Kier molecular flexibility index (Phi) is 4.00. The van der Waals surface area contributed by atoms with Crippen LogP contribution in [-0.4, -0.2) is 29.2 Å². The van der Waals surface area contributed by atoms with Gasteiger partial charge in [-0.1, -0.05) is 57.0 Å². The lowest BCUT2D eigenvalue weighted by atomic mass is 9.63. The lowest BCUT2D eigenvalue weighted by Gasteiger charge is -2.60. The summed E-state index contributed by atoms with van der Waals surface area (Å²) in [6.07, 6.45) is 5.72. The number of benzene rings is 1. The van der Waals surface area contributed by atoms with E-state index in [2.05, 4.69) is 22.1 Å². The third-order valence-corrected chi connectivity index (χ3v) is 7.65. The molecule has 1 aromatic carbocycles. The number of nitrogens with zero attached hydrogens (tertiary/aromatic N) is 2. The molecule has 2 heterocycles. The van der Waals surface area contributed by atoms with E-state index in [0.717, 1.165) is 24.8 Å². The Morgan fingerprint density at radius 3 is 2.64 bits per heavy atom. The van der Waals surface area contributed by atoms with E-state index in [4.69, 9.17) is 0 Å². The number of aromatic amines is 1. The average molecular weight is 359 g/mol. The molecule has 0 unspecified atom stereocenters. The van der Waals surface area contributed by atoms with Crippen LogP contribution < -0.4 is 0 Å². The molecule has 1 N–H and O–H groups in total. The lowest BCUT2D eigenvalue weighted by molar-refractivity contribution is -0.0505.